The Balaban J connectivity index is 2.27. The molecule has 4 nitrogen and oxygen atoms in total. The third-order valence-corrected chi connectivity index (χ3v) is 4.86. The molecule has 2 heterocycles. The predicted octanol–water partition coefficient (Wildman–Crippen LogP) is 2.69. The van der Waals surface area contributed by atoms with Crippen LogP contribution in [-0.4, -0.2) is 14.5 Å². The van der Waals surface area contributed by atoms with Gasteiger partial charge in [0.2, 0.25) is 0 Å². The Morgan fingerprint density at radius 1 is 1.33 bits per heavy atom. The number of aryl methyl sites for hydroxylation is 1. The van der Waals surface area contributed by atoms with Crippen molar-refractivity contribution in [2.45, 2.75) is 35.6 Å². The lowest BCUT2D eigenvalue weighted by Gasteiger charge is -2.14. The van der Waals surface area contributed by atoms with E-state index in [1.807, 2.05) is 6.20 Å². The van der Waals surface area contributed by atoms with Gasteiger partial charge >= 0.3 is 0 Å². The molecule has 0 fully saturated rings. The molecule has 0 aromatic carbocycles. The molecule has 0 aliphatic rings. The molecule has 0 spiro atoms. The van der Waals surface area contributed by atoms with E-state index in [0.29, 0.717) is 5.03 Å². The van der Waals surface area contributed by atoms with Gasteiger partial charge in [0.05, 0.1) is 0 Å². The second kappa shape index (κ2) is 4.85. The smallest absolute Gasteiger partial charge is 0.283 e. The van der Waals surface area contributed by atoms with Crippen LogP contribution in [-0.2, 0) is 12.5 Å². The molecule has 0 saturated heterocycles. The lowest BCUT2D eigenvalue weighted by molar-refractivity contribution is 0.602. The molecule has 6 heteroatoms. The van der Waals surface area contributed by atoms with Crippen molar-refractivity contribution in [3.8, 4) is 0 Å². The summed E-state index contributed by atoms with van der Waals surface area (Å²) in [5.41, 5.74) is 0.000889. The zero-order chi connectivity index (χ0) is 13.3. The average molecular weight is 281 g/mol. The fraction of sp³-hybridized carbons (Fsp3) is 0.417. The fourth-order valence-corrected chi connectivity index (χ4v) is 3.27. The molecule has 2 aromatic heterocycles. The van der Waals surface area contributed by atoms with Gasteiger partial charge in [-0.1, -0.05) is 20.8 Å². The van der Waals surface area contributed by atoms with Gasteiger partial charge in [0, 0.05) is 30.5 Å². The highest BCUT2D eigenvalue weighted by Gasteiger charge is 2.18. The molecule has 96 valence electrons. The van der Waals surface area contributed by atoms with Crippen LogP contribution in [0.1, 0.15) is 25.6 Å². The summed E-state index contributed by atoms with van der Waals surface area (Å²) in [6, 6.07) is 0. The van der Waals surface area contributed by atoms with Crippen molar-refractivity contribution in [2.75, 3.05) is 0 Å². The van der Waals surface area contributed by atoms with Crippen LogP contribution in [0.5, 0.6) is 0 Å². The van der Waals surface area contributed by atoms with Gasteiger partial charge in [-0.05, 0) is 17.2 Å². The SMILES string of the molecule is Cn1ccnc(Sc2ncc(C(C)(C)C)s2)c1=O. The molecule has 0 amide bonds. The van der Waals surface area contributed by atoms with Gasteiger partial charge in [-0.3, -0.25) is 4.79 Å². The van der Waals surface area contributed by atoms with E-state index in [1.165, 1.54) is 21.2 Å². The van der Waals surface area contributed by atoms with Gasteiger partial charge in [-0.2, -0.15) is 0 Å². The molecular weight excluding hydrogens is 266 g/mol. The Morgan fingerprint density at radius 2 is 2.06 bits per heavy atom. The second-order valence-corrected chi connectivity index (χ2v) is 7.26. The van der Waals surface area contributed by atoms with Crippen molar-refractivity contribution in [1.82, 2.24) is 14.5 Å². The Morgan fingerprint density at radius 3 is 2.67 bits per heavy atom. The van der Waals surface area contributed by atoms with E-state index in [2.05, 4.69) is 30.7 Å². The predicted molar refractivity (Wildman–Crippen MR) is 74.4 cm³/mol. The summed E-state index contributed by atoms with van der Waals surface area (Å²) in [5, 5.41) is 0.467. The highest BCUT2D eigenvalue weighted by molar-refractivity contribution is 8.01. The van der Waals surface area contributed by atoms with Crippen LogP contribution in [0.15, 0.2) is 32.8 Å². The summed E-state index contributed by atoms with van der Waals surface area (Å²) >= 11 is 2.94. The fourth-order valence-electron chi connectivity index (χ4n) is 1.28. The van der Waals surface area contributed by atoms with E-state index in [9.17, 15) is 4.79 Å². The highest BCUT2D eigenvalue weighted by Crippen LogP contribution is 2.33. The summed E-state index contributed by atoms with van der Waals surface area (Å²) in [4.78, 5) is 21.5. The van der Waals surface area contributed by atoms with Crippen LogP contribution < -0.4 is 5.56 Å². The van der Waals surface area contributed by atoms with Crippen molar-refractivity contribution < 1.29 is 0 Å². The van der Waals surface area contributed by atoms with E-state index in [4.69, 9.17) is 0 Å². The maximum atomic E-state index is 11.8. The lowest BCUT2D eigenvalue weighted by Crippen LogP contribution is -2.18. The molecule has 0 bridgehead atoms. The first-order chi connectivity index (χ1) is 8.38. The Bertz CT molecular complexity index is 610. The summed E-state index contributed by atoms with van der Waals surface area (Å²) in [6.07, 6.45) is 5.15. The first-order valence-electron chi connectivity index (χ1n) is 5.54. The molecule has 0 radical (unpaired) electrons. The number of hydrogen-bond acceptors (Lipinski definition) is 5. The van der Waals surface area contributed by atoms with Gasteiger partial charge in [0.15, 0.2) is 9.37 Å². The van der Waals surface area contributed by atoms with E-state index in [0.717, 1.165) is 4.34 Å². The normalized spacial score (nSPS) is 11.8. The largest absolute Gasteiger partial charge is 0.315 e. The van der Waals surface area contributed by atoms with Gasteiger partial charge in [0.1, 0.15) is 0 Å². The van der Waals surface area contributed by atoms with Crippen molar-refractivity contribution in [1.29, 1.82) is 0 Å². The molecule has 0 N–H and O–H groups in total. The molecular formula is C12H15N3OS2. The molecule has 0 saturated carbocycles. The minimum Gasteiger partial charge on any atom is -0.315 e. The number of thiazole rings is 1. The van der Waals surface area contributed by atoms with E-state index >= 15 is 0 Å². The average Bonchev–Trinajstić information content (AvgIpc) is 2.73. The van der Waals surface area contributed by atoms with Crippen molar-refractivity contribution in [3.63, 3.8) is 0 Å². The Kier molecular flexibility index (Phi) is 3.59. The molecule has 0 atom stereocenters. The van der Waals surface area contributed by atoms with Crippen LogP contribution in [0.4, 0.5) is 0 Å². The quantitative estimate of drug-likeness (QED) is 0.849. The van der Waals surface area contributed by atoms with Crippen LogP contribution in [0.2, 0.25) is 0 Å². The third-order valence-electron chi connectivity index (χ3n) is 2.39. The number of aromatic nitrogens is 3. The molecule has 18 heavy (non-hydrogen) atoms. The van der Waals surface area contributed by atoms with Crippen molar-refractivity contribution in [3.05, 3.63) is 33.8 Å². The molecule has 2 aromatic rings. The third kappa shape index (κ3) is 2.81. The zero-order valence-electron chi connectivity index (χ0n) is 10.8. The Hall–Kier alpha value is -1.14. The molecule has 0 aliphatic heterocycles. The zero-order valence-corrected chi connectivity index (χ0v) is 12.4. The monoisotopic (exact) mass is 281 g/mol. The summed E-state index contributed by atoms with van der Waals surface area (Å²) in [6.45, 7) is 6.44. The van der Waals surface area contributed by atoms with Crippen LogP contribution >= 0.6 is 23.1 Å². The molecule has 2 rings (SSSR count). The van der Waals surface area contributed by atoms with E-state index in [-0.39, 0.29) is 11.0 Å². The van der Waals surface area contributed by atoms with Gasteiger partial charge < -0.3 is 4.57 Å². The second-order valence-electron chi connectivity index (χ2n) is 4.99. The lowest BCUT2D eigenvalue weighted by atomic mass is 9.96. The van der Waals surface area contributed by atoms with Crippen LogP contribution in [0.25, 0.3) is 0 Å². The maximum Gasteiger partial charge on any atom is 0.283 e. The summed E-state index contributed by atoms with van der Waals surface area (Å²) < 4.78 is 2.38. The number of hydrogen-bond donors (Lipinski definition) is 0. The minimum absolute atomic E-state index is 0.0880. The Labute approximate surface area is 114 Å². The van der Waals surface area contributed by atoms with Crippen molar-refractivity contribution in [2.24, 2.45) is 7.05 Å². The summed E-state index contributed by atoms with van der Waals surface area (Å²) in [5.74, 6) is 0. The van der Waals surface area contributed by atoms with E-state index in [1.54, 1.807) is 30.8 Å². The minimum atomic E-state index is -0.0880. The highest BCUT2D eigenvalue weighted by atomic mass is 32.2. The van der Waals surface area contributed by atoms with Gasteiger partial charge in [0.25, 0.3) is 5.56 Å². The van der Waals surface area contributed by atoms with Crippen LogP contribution in [0.3, 0.4) is 0 Å². The van der Waals surface area contributed by atoms with E-state index < -0.39 is 0 Å². The first-order valence-corrected chi connectivity index (χ1v) is 7.17. The van der Waals surface area contributed by atoms with Gasteiger partial charge in [-0.15, -0.1) is 11.3 Å². The molecule has 0 aliphatic carbocycles. The molecule has 0 unspecified atom stereocenters. The standard InChI is InChI=1S/C12H15N3OS2/c1-12(2,3)8-7-14-11(17-8)18-9-10(16)15(4)6-5-13-9/h5-7H,1-4H3. The topological polar surface area (TPSA) is 47.8 Å². The maximum absolute atomic E-state index is 11.8. The van der Waals surface area contributed by atoms with Crippen molar-refractivity contribution >= 4 is 23.1 Å². The summed E-state index contributed by atoms with van der Waals surface area (Å²) in [7, 11) is 1.72. The van der Waals surface area contributed by atoms with Gasteiger partial charge in [-0.25, -0.2) is 9.97 Å². The number of rotatable bonds is 2. The van der Waals surface area contributed by atoms with Crippen LogP contribution in [0, 0.1) is 0 Å². The number of nitrogens with zero attached hydrogens (tertiary/aromatic N) is 3. The first kappa shape index (κ1) is 13.3.